The van der Waals surface area contributed by atoms with Gasteiger partial charge in [-0.1, -0.05) is 54.1 Å². The molecule has 0 aliphatic carbocycles. The second-order valence-electron chi connectivity index (χ2n) is 5.99. The molecule has 2 aromatic carbocycles. The maximum atomic E-state index is 12.1. The van der Waals surface area contributed by atoms with Gasteiger partial charge in [0.15, 0.2) is 6.61 Å². The van der Waals surface area contributed by atoms with E-state index in [2.05, 4.69) is 34.5 Å². The van der Waals surface area contributed by atoms with E-state index < -0.39 is 0 Å². The van der Waals surface area contributed by atoms with E-state index in [1.165, 1.54) is 5.56 Å². The van der Waals surface area contributed by atoms with Gasteiger partial charge in [-0.15, -0.1) is 0 Å². The Labute approximate surface area is 147 Å². The third-order valence-electron chi connectivity index (χ3n) is 4.08. The number of amides is 1. The van der Waals surface area contributed by atoms with Crippen LogP contribution in [0.5, 0.6) is 5.75 Å². The predicted octanol–water partition coefficient (Wildman–Crippen LogP) is 3.11. The molecule has 126 valence electrons. The summed E-state index contributed by atoms with van der Waals surface area (Å²) in [5, 5.41) is 3.55. The molecule has 1 heterocycles. The topological polar surface area (TPSA) is 41.6 Å². The van der Waals surface area contributed by atoms with Crippen LogP contribution in [0, 0.1) is 0 Å². The minimum absolute atomic E-state index is 0.0150. The number of hydrogen-bond acceptors (Lipinski definition) is 3. The Balaban J connectivity index is 1.42. The number of nitrogens with one attached hydrogen (secondary N) is 1. The molecule has 0 radical (unpaired) electrons. The number of carbonyl (C=O) groups is 1. The second-order valence-corrected chi connectivity index (χ2v) is 6.40. The van der Waals surface area contributed by atoms with Crippen molar-refractivity contribution in [2.45, 2.75) is 19.0 Å². The molecule has 5 heteroatoms. The van der Waals surface area contributed by atoms with E-state index in [0.717, 1.165) is 26.1 Å². The predicted molar refractivity (Wildman–Crippen MR) is 95.2 cm³/mol. The van der Waals surface area contributed by atoms with Gasteiger partial charge in [-0.25, -0.2) is 0 Å². The van der Waals surface area contributed by atoms with Gasteiger partial charge in [0.1, 0.15) is 5.75 Å². The molecule has 2 aromatic rings. The van der Waals surface area contributed by atoms with Crippen molar-refractivity contribution in [2.75, 3.05) is 19.7 Å². The third-order valence-corrected chi connectivity index (χ3v) is 4.39. The Morgan fingerprint density at radius 1 is 1.17 bits per heavy atom. The quantitative estimate of drug-likeness (QED) is 0.875. The number of nitrogens with zero attached hydrogens (tertiary/aromatic N) is 1. The van der Waals surface area contributed by atoms with E-state index in [1.54, 1.807) is 12.1 Å². The first-order valence-corrected chi connectivity index (χ1v) is 8.51. The first-order chi connectivity index (χ1) is 11.7. The second kappa shape index (κ2) is 8.18. The molecule has 24 heavy (non-hydrogen) atoms. The molecule has 1 unspecified atom stereocenters. The fourth-order valence-corrected chi connectivity index (χ4v) is 3.10. The van der Waals surface area contributed by atoms with Crippen LogP contribution in [-0.2, 0) is 11.3 Å². The number of para-hydroxylation sites is 1. The van der Waals surface area contributed by atoms with Gasteiger partial charge in [-0.2, -0.15) is 0 Å². The molecule has 1 fully saturated rings. The van der Waals surface area contributed by atoms with E-state index in [9.17, 15) is 4.79 Å². The molecule has 0 spiro atoms. The Bertz CT molecular complexity index is 678. The van der Waals surface area contributed by atoms with Crippen LogP contribution in [0.3, 0.4) is 0 Å². The maximum absolute atomic E-state index is 12.1. The van der Waals surface area contributed by atoms with Crippen LogP contribution in [0.1, 0.15) is 12.0 Å². The van der Waals surface area contributed by atoms with Crippen LogP contribution in [-0.4, -0.2) is 36.5 Å². The van der Waals surface area contributed by atoms with Crippen molar-refractivity contribution >= 4 is 17.5 Å². The van der Waals surface area contributed by atoms with Gasteiger partial charge in [0.25, 0.3) is 5.91 Å². The van der Waals surface area contributed by atoms with Crippen LogP contribution < -0.4 is 10.1 Å². The van der Waals surface area contributed by atoms with Crippen molar-refractivity contribution in [3.8, 4) is 5.75 Å². The van der Waals surface area contributed by atoms with Crippen molar-refractivity contribution < 1.29 is 9.53 Å². The van der Waals surface area contributed by atoms with Crippen LogP contribution in [0.25, 0.3) is 0 Å². The van der Waals surface area contributed by atoms with Gasteiger partial charge < -0.3 is 10.1 Å². The molecule has 0 aromatic heterocycles. The normalized spacial score (nSPS) is 17.6. The van der Waals surface area contributed by atoms with Gasteiger partial charge in [-0.3, -0.25) is 9.69 Å². The SMILES string of the molecule is O=C(COc1ccccc1Cl)NC1CCN(Cc2ccccc2)C1. The van der Waals surface area contributed by atoms with Gasteiger partial charge in [0.05, 0.1) is 5.02 Å². The highest BCUT2D eigenvalue weighted by Gasteiger charge is 2.23. The van der Waals surface area contributed by atoms with Crippen molar-refractivity contribution in [1.82, 2.24) is 10.2 Å². The van der Waals surface area contributed by atoms with Crippen LogP contribution in [0.4, 0.5) is 0 Å². The Morgan fingerprint density at radius 3 is 2.71 bits per heavy atom. The molecule has 1 aliphatic rings. The largest absolute Gasteiger partial charge is 0.482 e. The lowest BCUT2D eigenvalue weighted by Crippen LogP contribution is -2.39. The summed E-state index contributed by atoms with van der Waals surface area (Å²) in [6, 6.07) is 17.7. The molecule has 0 bridgehead atoms. The number of rotatable bonds is 6. The number of likely N-dealkylation sites (tertiary alicyclic amines) is 1. The molecule has 3 rings (SSSR count). The minimum atomic E-state index is -0.110. The van der Waals surface area contributed by atoms with E-state index in [-0.39, 0.29) is 18.6 Å². The van der Waals surface area contributed by atoms with Crippen molar-refractivity contribution in [2.24, 2.45) is 0 Å². The lowest BCUT2D eigenvalue weighted by atomic mass is 10.2. The molecular formula is C19H21ClN2O2. The first-order valence-electron chi connectivity index (χ1n) is 8.13. The number of benzene rings is 2. The summed E-state index contributed by atoms with van der Waals surface area (Å²) in [4.78, 5) is 14.4. The van der Waals surface area contributed by atoms with Crippen LogP contribution in [0.2, 0.25) is 5.02 Å². The van der Waals surface area contributed by atoms with Crippen molar-refractivity contribution in [3.05, 3.63) is 65.2 Å². The molecule has 0 saturated carbocycles. The average Bonchev–Trinajstić information content (AvgIpc) is 3.02. The number of hydrogen-bond donors (Lipinski definition) is 1. The highest BCUT2D eigenvalue weighted by Crippen LogP contribution is 2.22. The fourth-order valence-electron chi connectivity index (χ4n) is 2.91. The van der Waals surface area contributed by atoms with Gasteiger partial charge in [-0.05, 0) is 24.1 Å². The summed E-state index contributed by atoms with van der Waals surface area (Å²) in [7, 11) is 0. The summed E-state index contributed by atoms with van der Waals surface area (Å²) in [5.74, 6) is 0.424. The summed E-state index contributed by atoms with van der Waals surface area (Å²) in [5.41, 5.74) is 1.30. The Morgan fingerprint density at radius 2 is 1.92 bits per heavy atom. The van der Waals surface area contributed by atoms with Crippen LogP contribution in [0.15, 0.2) is 54.6 Å². The lowest BCUT2D eigenvalue weighted by Gasteiger charge is -2.17. The summed E-state index contributed by atoms with van der Waals surface area (Å²) < 4.78 is 5.47. The van der Waals surface area contributed by atoms with E-state index in [1.807, 2.05) is 18.2 Å². The summed E-state index contributed by atoms with van der Waals surface area (Å²) in [6.07, 6.45) is 0.963. The lowest BCUT2D eigenvalue weighted by molar-refractivity contribution is -0.123. The number of ether oxygens (including phenoxy) is 1. The highest BCUT2D eigenvalue weighted by molar-refractivity contribution is 6.32. The minimum Gasteiger partial charge on any atom is -0.482 e. The standard InChI is InChI=1S/C19H21ClN2O2/c20-17-8-4-5-9-18(17)24-14-19(23)21-16-10-11-22(13-16)12-15-6-2-1-3-7-15/h1-9,16H,10-14H2,(H,21,23). The summed E-state index contributed by atoms with van der Waals surface area (Å²) in [6.45, 7) is 2.76. The highest BCUT2D eigenvalue weighted by atomic mass is 35.5. The van der Waals surface area contributed by atoms with E-state index >= 15 is 0 Å². The Hall–Kier alpha value is -2.04. The van der Waals surface area contributed by atoms with Gasteiger partial charge in [0, 0.05) is 25.7 Å². The van der Waals surface area contributed by atoms with E-state index in [4.69, 9.17) is 16.3 Å². The third kappa shape index (κ3) is 4.73. The Kier molecular flexibility index (Phi) is 5.72. The molecule has 1 atom stereocenters. The zero-order valence-corrected chi connectivity index (χ0v) is 14.2. The van der Waals surface area contributed by atoms with Crippen molar-refractivity contribution in [1.29, 1.82) is 0 Å². The van der Waals surface area contributed by atoms with Crippen LogP contribution >= 0.6 is 11.6 Å². The van der Waals surface area contributed by atoms with Gasteiger partial charge in [0.2, 0.25) is 0 Å². The average molecular weight is 345 g/mol. The van der Waals surface area contributed by atoms with E-state index in [0.29, 0.717) is 10.8 Å². The first kappa shape index (κ1) is 16.8. The van der Waals surface area contributed by atoms with Gasteiger partial charge >= 0.3 is 0 Å². The zero-order valence-electron chi connectivity index (χ0n) is 13.5. The maximum Gasteiger partial charge on any atom is 0.258 e. The molecule has 1 amide bonds. The smallest absolute Gasteiger partial charge is 0.258 e. The fraction of sp³-hybridized carbons (Fsp3) is 0.316. The number of carbonyl (C=O) groups excluding carboxylic acids is 1. The molecule has 1 saturated heterocycles. The molecule has 1 aliphatic heterocycles. The van der Waals surface area contributed by atoms with Crippen molar-refractivity contribution in [3.63, 3.8) is 0 Å². The number of halogens is 1. The molecule has 1 N–H and O–H groups in total. The zero-order chi connectivity index (χ0) is 16.8. The molecular weight excluding hydrogens is 324 g/mol. The summed E-state index contributed by atoms with van der Waals surface area (Å²) >= 11 is 6.01. The monoisotopic (exact) mass is 344 g/mol. The molecule has 4 nitrogen and oxygen atoms in total.